The van der Waals surface area contributed by atoms with Crippen molar-refractivity contribution in [2.24, 2.45) is 5.73 Å². The van der Waals surface area contributed by atoms with E-state index in [-0.39, 0.29) is 6.04 Å². The molecule has 3 nitrogen and oxygen atoms in total. The van der Waals surface area contributed by atoms with Crippen LogP contribution < -0.4 is 5.73 Å². The SMILES string of the molecule is CCc1nn(CC)c(CSc2cccc(C(C)N)c2)c1Br. The molecule has 0 fully saturated rings. The van der Waals surface area contributed by atoms with Crippen molar-refractivity contribution >= 4 is 27.7 Å². The van der Waals surface area contributed by atoms with Crippen LogP contribution in [0.2, 0.25) is 0 Å². The van der Waals surface area contributed by atoms with Gasteiger partial charge < -0.3 is 5.73 Å². The van der Waals surface area contributed by atoms with E-state index in [4.69, 9.17) is 5.73 Å². The fraction of sp³-hybridized carbons (Fsp3) is 0.438. The molecule has 0 aliphatic rings. The molecule has 2 aromatic rings. The molecular formula is C16H22BrN3S. The number of thioether (sulfide) groups is 1. The molecule has 2 rings (SSSR count). The summed E-state index contributed by atoms with van der Waals surface area (Å²) in [6, 6.07) is 8.54. The van der Waals surface area contributed by atoms with Crippen LogP contribution in [0.4, 0.5) is 0 Å². The minimum Gasteiger partial charge on any atom is -0.324 e. The Kier molecular flexibility index (Phi) is 5.90. The molecule has 114 valence electrons. The van der Waals surface area contributed by atoms with Gasteiger partial charge in [0, 0.05) is 23.2 Å². The standard InChI is InChI=1S/C16H22BrN3S/c1-4-14-16(17)15(20(5-2)19-14)10-21-13-8-6-7-12(9-13)11(3)18/h6-9,11H,4-5,10,18H2,1-3H3. The van der Waals surface area contributed by atoms with Gasteiger partial charge in [0.2, 0.25) is 0 Å². The maximum Gasteiger partial charge on any atom is 0.0767 e. The third-order valence-corrected chi connectivity index (χ3v) is 5.37. The largest absolute Gasteiger partial charge is 0.324 e. The Morgan fingerprint density at radius 1 is 1.38 bits per heavy atom. The van der Waals surface area contributed by atoms with Crippen molar-refractivity contribution in [1.82, 2.24) is 9.78 Å². The van der Waals surface area contributed by atoms with Gasteiger partial charge in [-0.25, -0.2) is 0 Å². The monoisotopic (exact) mass is 367 g/mol. The molecular weight excluding hydrogens is 346 g/mol. The molecule has 1 aromatic heterocycles. The lowest BCUT2D eigenvalue weighted by atomic mass is 10.1. The molecule has 21 heavy (non-hydrogen) atoms. The highest BCUT2D eigenvalue weighted by molar-refractivity contribution is 9.10. The second-order valence-electron chi connectivity index (χ2n) is 5.03. The van der Waals surface area contributed by atoms with Gasteiger partial charge >= 0.3 is 0 Å². The van der Waals surface area contributed by atoms with Gasteiger partial charge in [-0.3, -0.25) is 4.68 Å². The van der Waals surface area contributed by atoms with Crippen LogP contribution in [0.5, 0.6) is 0 Å². The molecule has 0 radical (unpaired) electrons. The van der Waals surface area contributed by atoms with Crippen molar-refractivity contribution in [2.45, 2.75) is 50.4 Å². The van der Waals surface area contributed by atoms with Gasteiger partial charge in [0.1, 0.15) is 0 Å². The number of nitrogens with zero attached hydrogens (tertiary/aromatic N) is 2. The van der Waals surface area contributed by atoms with Crippen LogP contribution in [0.3, 0.4) is 0 Å². The van der Waals surface area contributed by atoms with E-state index in [1.807, 2.05) is 18.7 Å². The number of halogens is 1. The first-order chi connectivity index (χ1) is 10.1. The summed E-state index contributed by atoms with van der Waals surface area (Å²) >= 11 is 5.52. The predicted octanol–water partition coefficient (Wildman–Crippen LogP) is 4.54. The van der Waals surface area contributed by atoms with E-state index in [0.29, 0.717) is 0 Å². The summed E-state index contributed by atoms with van der Waals surface area (Å²) in [5.41, 5.74) is 9.52. The maximum absolute atomic E-state index is 5.95. The first-order valence-electron chi connectivity index (χ1n) is 7.29. The number of aromatic nitrogens is 2. The zero-order valence-corrected chi connectivity index (χ0v) is 15.2. The summed E-state index contributed by atoms with van der Waals surface area (Å²) < 4.78 is 3.24. The summed E-state index contributed by atoms with van der Waals surface area (Å²) in [6.07, 6.45) is 0.950. The fourth-order valence-corrected chi connectivity index (χ4v) is 4.08. The highest BCUT2D eigenvalue weighted by Crippen LogP contribution is 2.30. The van der Waals surface area contributed by atoms with Gasteiger partial charge in [-0.15, -0.1) is 11.8 Å². The van der Waals surface area contributed by atoms with E-state index < -0.39 is 0 Å². The fourth-order valence-electron chi connectivity index (χ4n) is 2.19. The van der Waals surface area contributed by atoms with Gasteiger partial charge in [-0.05, 0) is 53.9 Å². The van der Waals surface area contributed by atoms with E-state index >= 15 is 0 Å². The lowest BCUT2D eigenvalue weighted by Gasteiger charge is -2.09. The van der Waals surface area contributed by atoms with Crippen LogP contribution in [0.15, 0.2) is 33.6 Å². The smallest absolute Gasteiger partial charge is 0.0767 e. The molecule has 1 unspecified atom stereocenters. The van der Waals surface area contributed by atoms with Crippen LogP contribution in [0.25, 0.3) is 0 Å². The van der Waals surface area contributed by atoms with Gasteiger partial charge in [0.05, 0.1) is 15.9 Å². The number of hydrogen-bond donors (Lipinski definition) is 1. The van der Waals surface area contributed by atoms with E-state index in [2.05, 4.69) is 63.8 Å². The van der Waals surface area contributed by atoms with Crippen LogP contribution in [0.1, 0.15) is 43.8 Å². The highest BCUT2D eigenvalue weighted by Gasteiger charge is 2.14. The van der Waals surface area contributed by atoms with Crippen molar-refractivity contribution in [2.75, 3.05) is 0 Å². The third kappa shape index (κ3) is 3.90. The van der Waals surface area contributed by atoms with E-state index in [1.54, 1.807) is 0 Å². The molecule has 1 heterocycles. The van der Waals surface area contributed by atoms with Gasteiger partial charge in [-0.1, -0.05) is 19.1 Å². The van der Waals surface area contributed by atoms with Crippen LogP contribution >= 0.6 is 27.7 Å². The van der Waals surface area contributed by atoms with Crippen LogP contribution in [-0.4, -0.2) is 9.78 Å². The van der Waals surface area contributed by atoms with E-state index in [1.165, 1.54) is 16.2 Å². The number of rotatable bonds is 6. The minimum atomic E-state index is 0.0742. The minimum absolute atomic E-state index is 0.0742. The zero-order chi connectivity index (χ0) is 15.4. The Balaban J connectivity index is 2.16. The molecule has 0 saturated heterocycles. The molecule has 0 bridgehead atoms. The first-order valence-corrected chi connectivity index (χ1v) is 9.07. The molecule has 0 saturated carbocycles. The summed E-state index contributed by atoms with van der Waals surface area (Å²) in [5.74, 6) is 0.907. The Labute approximate surface area is 139 Å². The summed E-state index contributed by atoms with van der Waals surface area (Å²) in [6.45, 7) is 7.17. The third-order valence-electron chi connectivity index (χ3n) is 3.45. The second-order valence-corrected chi connectivity index (χ2v) is 6.87. The Hall–Kier alpha value is -0.780. The topological polar surface area (TPSA) is 43.8 Å². The number of hydrogen-bond acceptors (Lipinski definition) is 3. The molecule has 2 N–H and O–H groups in total. The molecule has 0 aliphatic carbocycles. The average molecular weight is 368 g/mol. The maximum atomic E-state index is 5.95. The first kappa shape index (κ1) is 16.6. The summed E-state index contributed by atoms with van der Waals surface area (Å²) in [4.78, 5) is 1.25. The van der Waals surface area contributed by atoms with Crippen molar-refractivity contribution in [1.29, 1.82) is 0 Å². The van der Waals surface area contributed by atoms with E-state index in [0.717, 1.165) is 28.9 Å². The normalized spacial score (nSPS) is 12.6. The number of benzene rings is 1. The van der Waals surface area contributed by atoms with Crippen molar-refractivity contribution < 1.29 is 0 Å². The quantitative estimate of drug-likeness (QED) is 0.762. The molecule has 1 atom stereocenters. The zero-order valence-electron chi connectivity index (χ0n) is 12.8. The predicted molar refractivity (Wildman–Crippen MR) is 93.6 cm³/mol. The Morgan fingerprint density at radius 2 is 2.14 bits per heavy atom. The molecule has 5 heteroatoms. The second kappa shape index (κ2) is 7.47. The van der Waals surface area contributed by atoms with Gasteiger partial charge in [-0.2, -0.15) is 5.10 Å². The Bertz CT molecular complexity index is 608. The molecule has 0 amide bonds. The lowest BCUT2D eigenvalue weighted by Crippen LogP contribution is -2.04. The number of aryl methyl sites for hydroxylation is 2. The summed E-state index contributed by atoms with van der Waals surface area (Å²) in [5, 5.41) is 4.64. The highest BCUT2D eigenvalue weighted by atomic mass is 79.9. The van der Waals surface area contributed by atoms with Crippen molar-refractivity contribution in [3.8, 4) is 0 Å². The van der Waals surface area contributed by atoms with Gasteiger partial charge in [0.25, 0.3) is 0 Å². The van der Waals surface area contributed by atoms with Crippen molar-refractivity contribution in [3.63, 3.8) is 0 Å². The lowest BCUT2D eigenvalue weighted by molar-refractivity contribution is 0.627. The van der Waals surface area contributed by atoms with Crippen molar-refractivity contribution in [3.05, 3.63) is 45.7 Å². The molecule has 0 spiro atoms. The molecule has 1 aromatic carbocycles. The average Bonchev–Trinajstić information content (AvgIpc) is 2.81. The molecule has 0 aliphatic heterocycles. The van der Waals surface area contributed by atoms with Crippen LogP contribution in [-0.2, 0) is 18.7 Å². The van der Waals surface area contributed by atoms with Crippen LogP contribution in [0, 0.1) is 0 Å². The van der Waals surface area contributed by atoms with E-state index in [9.17, 15) is 0 Å². The Morgan fingerprint density at radius 3 is 2.76 bits per heavy atom. The number of nitrogens with two attached hydrogens (primary N) is 1. The van der Waals surface area contributed by atoms with Gasteiger partial charge in [0.15, 0.2) is 0 Å². The summed E-state index contributed by atoms with van der Waals surface area (Å²) in [7, 11) is 0.